The predicted molar refractivity (Wildman–Crippen MR) is 89.8 cm³/mol. The van der Waals surface area contributed by atoms with Gasteiger partial charge in [-0.25, -0.2) is 0 Å². The lowest BCUT2D eigenvalue weighted by molar-refractivity contribution is -0.130. The van der Waals surface area contributed by atoms with Crippen molar-refractivity contribution in [3.8, 4) is 0 Å². The molecule has 0 unspecified atom stereocenters. The Balaban J connectivity index is 2.22. The van der Waals surface area contributed by atoms with Gasteiger partial charge in [0.1, 0.15) is 4.90 Å². The Bertz CT molecular complexity index is 759. The summed E-state index contributed by atoms with van der Waals surface area (Å²) < 4.78 is 27.9. The zero-order chi connectivity index (χ0) is 17.0. The van der Waals surface area contributed by atoms with Crippen molar-refractivity contribution in [1.82, 2.24) is 9.80 Å². The Morgan fingerprint density at radius 1 is 1.22 bits per heavy atom. The highest BCUT2D eigenvalue weighted by molar-refractivity contribution is 7.90. The number of rotatable bonds is 6. The second kappa shape index (κ2) is 6.78. The van der Waals surface area contributed by atoms with Crippen molar-refractivity contribution in [2.75, 3.05) is 26.7 Å². The van der Waals surface area contributed by atoms with E-state index in [-0.39, 0.29) is 23.2 Å². The van der Waals surface area contributed by atoms with Crippen LogP contribution in [0, 0.1) is 0 Å². The molecule has 1 aromatic rings. The van der Waals surface area contributed by atoms with Crippen molar-refractivity contribution in [2.24, 2.45) is 4.40 Å². The number of benzene rings is 1. The molecule has 2 rings (SSSR count). The van der Waals surface area contributed by atoms with Gasteiger partial charge in [0.2, 0.25) is 5.91 Å². The van der Waals surface area contributed by atoms with Crippen LogP contribution in [-0.4, -0.2) is 56.6 Å². The Hall–Kier alpha value is -2.41. The molecular formula is C16H19N3O3S. The topological polar surface area (TPSA) is 70.1 Å². The number of sulfonamides is 1. The lowest BCUT2D eigenvalue weighted by Gasteiger charge is -2.24. The predicted octanol–water partition coefficient (Wildman–Crippen LogP) is 1.27. The number of hydrogen-bond acceptors (Lipinski definition) is 4. The van der Waals surface area contributed by atoms with Crippen molar-refractivity contribution >= 4 is 21.8 Å². The summed E-state index contributed by atoms with van der Waals surface area (Å²) in [6.07, 6.45) is 3.27. The van der Waals surface area contributed by atoms with Gasteiger partial charge in [-0.05, 0) is 12.1 Å². The van der Waals surface area contributed by atoms with Crippen LogP contribution in [0.2, 0.25) is 0 Å². The molecule has 0 radical (unpaired) electrons. The van der Waals surface area contributed by atoms with Crippen molar-refractivity contribution in [3.63, 3.8) is 0 Å². The van der Waals surface area contributed by atoms with Crippen LogP contribution in [0.1, 0.15) is 5.56 Å². The first-order chi connectivity index (χ1) is 10.9. The molecule has 0 spiro atoms. The maximum atomic E-state index is 12.3. The highest BCUT2D eigenvalue weighted by atomic mass is 32.2. The van der Waals surface area contributed by atoms with Crippen molar-refractivity contribution in [1.29, 1.82) is 0 Å². The smallest absolute Gasteiger partial charge is 0.285 e. The molecule has 0 aliphatic carbocycles. The number of carbonyl (C=O) groups excluding carboxylic acids is 1. The Labute approximate surface area is 136 Å². The number of hydrogen-bond donors (Lipinski definition) is 0. The summed E-state index contributed by atoms with van der Waals surface area (Å²) in [4.78, 5) is 15.6. The van der Waals surface area contributed by atoms with Gasteiger partial charge in [0.05, 0.1) is 6.54 Å². The molecular weight excluding hydrogens is 314 g/mol. The molecule has 0 N–H and O–H groups in total. The number of fused-ring (bicyclic) bond motifs is 1. The maximum absolute atomic E-state index is 12.3. The molecule has 1 aliphatic heterocycles. The number of nitrogens with zero attached hydrogens (tertiary/aromatic N) is 3. The van der Waals surface area contributed by atoms with E-state index in [4.69, 9.17) is 0 Å². The van der Waals surface area contributed by atoms with Gasteiger partial charge in [-0.15, -0.1) is 17.6 Å². The van der Waals surface area contributed by atoms with E-state index < -0.39 is 10.0 Å². The monoisotopic (exact) mass is 333 g/mol. The maximum Gasteiger partial charge on any atom is 0.285 e. The van der Waals surface area contributed by atoms with E-state index >= 15 is 0 Å². The van der Waals surface area contributed by atoms with Crippen molar-refractivity contribution < 1.29 is 13.2 Å². The minimum absolute atomic E-state index is 0.0182. The quantitative estimate of drug-likeness (QED) is 0.735. The molecule has 23 heavy (non-hydrogen) atoms. The SMILES string of the molecule is C=CCN(CC=C)C(=O)CN(C)C1=NS(=O)(=O)c2ccccc21. The van der Waals surface area contributed by atoms with Crippen LogP contribution in [-0.2, 0) is 14.8 Å². The van der Waals surface area contributed by atoms with Crippen LogP contribution in [0.25, 0.3) is 0 Å². The molecule has 0 saturated carbocycles. The molecule has 0 saturated heterocycles. The molecule has 0 aromatic heterocycles. The van der Waals surface area contributed by atoms with Crippen LogP contribution < -0.4 is 0 Å². The molecule has 0 fully saturated rings. The summed E-state index contributed by atoms with van der Waals surface area (Å²) in [5.74, 6) is 0.128. The van der Waals surface area contributed by atoms with Crippen molar-refractivity contribution in [2.45, 2.75) is 4.90 Å². The van der Waals surface area contributed by atoms with Gasteiger partial charge in [-0.2, -0.15) is 8.42 Å². The summed E-state index contributed by atoms with van der Waals surface area (Å²) in [7, 11) is -2.04. The van der Waals surface area contributed by atoms with Gasteiger partial charge < -0.3 is 9.80 Å². The molecule has 6 nitrogen and oxygen atoms in total. The van der Waals surface area contributed by atoms with Crippen LogP contribution in [0.3, 0.4) is 0 Å². The van der Waals surface area contributed by atoms with Gasteiger partial charge in [0, 0.05) is 25.7 Å². The molecule has 7 heteroatoms. The van der Waals surface area contributed by atoms with Crippen molar-refractivity contribution in [3.05, 3.63) is 55.1 Å². The van der Waals surface area contributed by atoms with E-state index in [1.165, 1.54) is 6.07 Å². The lowest BCUT2D eigenvalue weighted by Crippen LogP contribution is -2.41. The van der Waals surface area contributed by atoms with Crippen LogP contribution in [0.5, 0.6) is 0 Å². The van der Waals surface area contributed by atoms with E-state index in [0.29, 0.717) is 18.7 Å². The third kappa shape index (κ3) is 3.50. The van der Waals surface area contributed by atoms with Gasteiger partial charge in [0.25, 0.3) is 10.0 Å². The fraction of sp³-hybridized carbons (Fsp3) is 0.250. The summed E-state index contributed by atoms with van der Waals surface area (Å²) in [6.45, 7) is 8.08. The first-order valence-corrected chi connectivity index (χ1v) is 8.49. The van der Waals surface area contributed by atoms with Gasteiger partial charge in [-0.1, -0.05) is 24.3 Å². The zero-order valence-electron chi connectivity index (χ0n) is 13.0. The molecule has 0 bridgehead atoms. The van der Waals surface area contributed by atoms with E-state index in [2.05, 4.69) is 17.6 Å². The first kappa shape index (κ1) is 17.0. The zero-order valence-corrected chi connectivity index (χ0v) is 13.8. The second-order valence-corrected chi connectivity index (χ2v) is 6.69. The fourth-order valence-corrected chi connectivity index (χ4v) is 3.58. The normalized spacial score (nSPS) is 14.6. The summed E-state index contributed by atoms with van der Waals surface area (Å²) in [6, 6.07) is 6.59. The molecule has 1 aliphatic rings. The largest absolute Gasteiger partial charge is 0.349 e. The van der Waals surface area contributed by atoms with E-state index in [1.54, 1.807) is 47.2 Å². The standard InChI is InChI=1S/C16H19N3O3S/c1-4-10-19(11-5-2)15(20)12-18(3)16-13-8-6-7-9-14(13)23(21,22)17-16/h4-9H,1-2,10-12H2,3H3. The van der Waals surface area contributed by atoms with Crippen LogP contribution in [0.15, 0.2) is 58.9 Å². The highest BCUT2D eigenvalue weighted by Gasteiger charge is 2.31. The average Bonchev–Trinajstić information content (AvgIpc) is 2.79. The van der Waals surface area contributed by atoms with E-state index in [1.807, 2.05) is 0 Å². The minimum Gasteiger partial charge on any atom is -0.349 e. The molecule has 1 amide bonds. The number of amidine groups is 1. The van der Waals surface area contributed by atoms with E-state index in [9.17, 15) is 13.2 Å². The summed E-state index contributed by atoms with van der Waals surface area (Å²) in [5.41, 5.74) is 0.516. The Morgan fingerprint density at radius 2 is 1.83 bits per heavy atom. The highest BCUT2D eigenvalue weighted by Crippen LogP contribution is 2.26. The summed E-state index contributed by atoms with van der Waals surface area (Å²) >= 11 is 0. The number of carbonyl (C=O) groups is 1. The summed E-state index contributed by atoms with van der Waals surface area (Å²) in [5, 5.41) is 0. The van der Waals surface area contributed by atoms with Crippen LogP contribution in [0.4, 0.5) is 0 Å². The van der Waals surface area contributed by atoms with Crippen LogP contribution >= 0.6 is 0 Å². The Morgan fingerprint density at radius 3 is 2.43 bits per heavy atom. The van der Waals surface area contributed by atoms with Gasteiger partial charge in [0.15, 0.2) is 5.84 Å². The van der Waals surface area contributed by atoms with Gasteiger partial charge in [-0.3, -0.25) is 4.79 Å². The second-order valence-electron chi connectivity index (χ2n) is 5.12. The van der Waals surface area contributed by atoms with E-state index in [0.717, 1.165) is 0 Å². The number of likely N-dealkylation sites (N-methyl/N-ethyl adjacent to an activating group) is 1. The average molecular weight is 333 g/mol. The Kier molecular flexibility index (Phi) is 5.00. The molecule has 122 valence electrons. The van der Waals surface area contributed by atoms with Gasteiger partial charge >= 0.3 is 0 Å². The first-order valence-electron chi connectivity index (χ1n) is 7.05. The molecule has 0 atom stereocenters. The lowest BCUT2D eigenvalue weighted by atomic mass is 10.2. The fourth-order valence-electron chi connectivity index (χ4n) is 2.33. The number of amides is 1. The third-order valence-corrected chi connectivity index (χ3v) is 4.72. The minimum atomic E-state index is -3.69. The third-order valence-electron chi connectivity index (χ3n) is 3.40. The molecule has 1 heterocycles. The molecule has 1 aromatic carbocycles.